The van der Waals surface area contributed by atoms with Crippen LogP contribution in [-0.2, 0) is 4.79 Å². The molecule has 0 radical (unpaired) electrons. The maximum Gasteiger partial charge on any atom is 0.327 e. The zero-order valence-electron chi connectivity index (χ0n) is 10.5. The van der Waals surface area contributed by atoms with Crippen molar-refractivity contribution in [2.24, 2.45) is 0 Å². The number of aromatic amines is 1. The van der Waals surface area contributed by atoms with Crippen molar-refractivity contribution in [1.29, 1.82) is 0 Å². The molecule has 1 aromatic rings. The Hall–Kier alpha value is -1.70. The Bertz CT molecular complexity index is 451. The quantitative estimate of drug-likeness (QED) is 0.779. The van der Waals surface area contributed by atoms with E-state index < -0.39 is 18.0 Å². The number of carbonyl (C=O) groups is 2. The molecule has 1 aliphatic heterocycles. The summed E-state index contributed by atoms with van der Waals surface area (Å²) < 4.78 is 0. The van der Waals surface area contributed by atoms with E-state index in [1.165, 1.54) is 22.9 Å². The van der Waals surface area contributed by atoms with Crippen molar-refractivity contribution in [1.82, 2.24) is 15.1 Å². The summed E-state index contributed by atoms with van der Waals surface area (Å²) in [5.41, 5.74) is 0.529. The highest BCUT2D eigenvalue weighted by molar-refractivity contribution is 8.00. The molecule has 1 aromatic heterocycles. The highest BCUT2D eigenvalue weighted by Gasteiger charge is 2.41. The van der Waals surface area contributed by atoms with E-state index in [2.05, 4.69) is 15.5 Å². The second kappa shape index (κ2) is 5.96. The molecule has 0 aliphatic carbocycles. The fourth-order valence-corrected chi connectivity index (χ4v) is 3.52. The molecule has 7 nitrogen and oxygen atoms in total. The van der Waals surface area contributed by atoms with E-state index in [9.17, 15) is 14.7 Å². The number of anilines is 1. The molecule has 19 heavy (non-hydrogen) atoms. The number of carboxylic acids is 1. The van der Waals surface area contributed by atoms with Gasteiger partial charge in [0.1, 0.15) is 6.04 Å². The van der Waals surface area contributed by atoms with Crippen LogP contribution in [-0.4, -0.2) is 49.4 Å². The monoisotopic (exact) mass is 284 g/mol. The third kappa shape index (κ3) is 3.01. The van der Waals surface area contributed by atoms with Crippen molar-refractivity contribution in [3.8, 4) is 0 Å². The number of carboxylic acid groups (broad SMARTS) is 1. The average molecular weight is 284 g/mol. The van der Waals surface area contributed by atoms with Gasteiger partial charge in [-0.2, -0.15) is 5.10 Å². The predicted octanol–water partition coefficient (Wildman–Crippen LogP) is 1.57. The fraction of sp³-hybridized carbons (Fsp3) is 0.545. The zero-order chi connectivity index (χ0) is 13.8. The number of aliphatic carboxylic acids is 1. The van der Waals surface area contributed by atoms with Crippen molar-refractivity contribution < 1.29 is 14.7 Å². The molecular formula is C11H16N4O3S. The number of hydrogen-bond acceptors (Lipinski definition) is 4. The summed E-state index contributed by atoms with van der Waals surface area (Å²) in [5, 5.41) is 18.1. The summed E-state index contributed by atoms with van der Waals surface area (Å²) in [6, 6.07) is -1.16. The predicted molar refractivity (Wildman–Crippen MR) is 72.0 cm³/mol. The van der Waals surface area contributed by atoms with Crippen LogP contribution in [0.4, 0.5) is 10.5 Å². The highest BCUT2D eigenvalue weighted by atomic mass is 32.2. The first-order valence-corrected chi connectivity index (χ1v) is 7.11. The van der Waals surface area contributed by atoms with E-state index in [0.29, 0.717) is 11.4 Å². The van der Waals surface area contributed by atoms with Gasteiger partial charge >= 0.3 is 12.0 Å². The standard InChI is InChI=1S/C11H16N4O3S/c1-2-3-9-15(8(6-19-9)10(16)17)11(18)14-7-4-12-13-5-7/h4-5,8-9H,2-3,6H2,1H3,(H,12,13)(H,14,18)(H,16,17). The molecule has 3 N–H and O–H groups in total. The van der Waals surface area contributed by atoms with Crippen LogP contribution in [0.2, 0.25) is 0 Å². The Kier molecular flexibility index (Phi) is 4.31. The van der Waals surface area contributed by atoms with Crippen LogP contribution in [0.5, 0.6) is 0 Å². The molecule has 2 atom stereocenters. The summed E-state index contributed by atoms with van der Waals surface area (Å²) >= 11 is 1.51. The number of aromatic nitrogens is 2. The number of carbonyl (C=O) groups excluding carboxylic acids is 1. The van der Waals surface area contributed by atoms with E-state index in [4.69, 9.17) is 0 Å². The van der Waals surface area contributed by atoms with Crippen LogP contribution in [0, 0.1) is 0 Å². The van der Waals surface area contributed by atoms with Gasteiger partial charge in [-0.25, -0.2) is 9.59 Å². The minimum absolute atomic E-state index is 0.0852. The van der Waals surface area contributed by atoms with Crippen molar-refractivity contribution >= 4 is 29.4 Å². The molecule has 8 heteroatoms. The number of nitrogens with one attached hydrogen (secondary N) is 2. The van der Waals surface area contributed by atoms with Crippen LogP contribution in [0.15, 0.2) is 12.4 Å². The Morgan fingerprint density at radius 1 is 1.68 bits per heavy atom. The van der Waals surface area contributed by atoms with E-state index in [-0.39, 0.29) is 5.37 Å². The molecule has 0 bridgehead atoms. The third-order valence-corrected chi connectivity index (χ3v) is 4.25. The van der Waals surface area contributed by atoms with Crippen molar-refractivity contribution in [2.75, 3.05) is 11.1 Å². The van der Waals surface area contributed by atoms with Gasteiger partial charge in [0.05, 0.1) is 17.3 Å². The van der Waals surface area contributed by atoms with Gasteiger partial charge in [0, 0.05) is 11.9 Å². The second-order valence-corrected chi connectivity index (χ2v) is 5.47. The number of urea groups is 1. The normalized spacial score (nSPS) is 22.5. The largest absolute Gasteiger partial charge is 0.480 e. The Labute approximate surface area is 114 Å². The Balaban J connectivity index is 2.11. The first kappa shape index (κ1) is 13.7. The maximum absolute atomic E-state index is 12.2. The number of H-pyrrole nitrogens is 1. The Morgan fingerprint density at radius 3 is 3.05 bits per heavy atom. The zero-order valence-corrected chi connectivity index (χ0v) is 11.3. The SMILES string of the molecule is CCCC1SCC(C(=O)O)N1C(=O)Nc1cn[nH]c1. The fourth-order valence-electron chi connectivity index (χ4n) is 2.00. The lowest BCUT2D eigenvalue weighted by Gasteiger charge is -2.27. The first-order chi connectivity index (χ1) is 9.13. The molecule has 2 rings (SSSR count). The minimum Gasteiger partial charge on any atom is -0.480 e. The molecule has 1 fully saturated rings. The van der Waals surface area contributed by atoms with E-state index in [0.717, 1.165) is 12.8 Å². The van der Waals surface area contributed by atoms with Gasteiger partial charge in [-0.05, 0) is 6.42 Å². The molecule has 2 heterocycles. The van der Waals surface area contributed by atoms with Gasteiger partial charge in [0.2, 0.25) is 0 Å². The van der Waals surface area contributed by atoms with Gasteiger partial charge < -0.3 is 10.4 Å². The molecule has 1 saturated heterocycles. The van der Waals surface area contributed by atoms with Crippen molar-refractivity contribution in [3.05, 3.63) is 12.4 Å². The van der Waals surface area contributed by atoms with Crippen molar-refractivity contribution in [2.45, 2.75) is 31.2 Å². The number of amides is 2. The van der Waals surface area contributed by atoms with Crippen LogP contribution < -0.4 is 5.32 Å². The maximum atomic E-state index is 12.2. The summed E-state index contributed by atoms with van der Waals surface area (Å²) in [6.45, 7) is 2.01. The molecule has 104 valence electrons. The highest BCUT2D eigenvalue weighted by Crippen LogP contribution is 2.32. The lowest BCUT2D eigenvalue weighted by molar-refractivity contribution is -0.141. The van der Waals surface area contributed by atoms with E-state index in [1.54, 1.807) is 6.20 Å². The van der Waals surface area contributed by atoms with Gasteiger partial charge in [-0.3, -0.25) is 10.00 Å². The molecule has 1 aliphatic rings. The molecule has 0 spiro atoms. The van der Waals surface area contributed by atoms with Crippen LogP contribution in [0.3, 0.4) is 0 Å². The summed E-state index contributed by atoms with van der Waals surface area (Å²) in [6.07, 6.45) is 4.71. The Morgan fingerprint density at radius 2 is 2.47 bits per heavy atom. The van der Waals surface area contributed by atoms with Gasteiger partial charge in [-0.1, -0.05) is 13.3 Å². The van der Waals surface area contributed by atoms with Gasteiger partial charge in [0.25, 0.3) is 0 Å². The lowest BCUT2D eigenvalue weighted by atomic mass is 10.2. The third-order valence-electron chi connectivity index (χ3n) is 2.90. The molecule has 0 saturated carbocycles. The second-order valence-electron chi connectivity index (χ2n) is 4.26. The van der Waals surface area contributed by atoms with E-state index in [1.807, 2.05) is 6.92 Å². The minimum atomic E-state index is -0.964. The smallest absolute Gasteiger partial charge is 0.327 e. The number of hydrogen-bond donors (Lipinski definition) is 3. The molecule has 2 unspecified atom stereocenters. The number of nitrogens with zero attached hydrogens (tertiary/aromatic N) is 2. The molecule has 2 amide bonds. The summed E-state index contributed by atoms with van der Waals surface area (Å²) in [4.78, 5) is 24.8. The summed E-state index contributed by atoms with van der Waals surface area (Å²) in [5.74, 6) is -0.535. The molecule has 0 aromatic carbocycles. The van der Waals surface area contributed by atoms with Gasteiger partial charge in [-0.15, -0.1) is 11.8 Å². The average Bonchev–Trinajstić information content (AvgIpc) is 2.98. The number of rotatable bonds is 4. The lowest BCUT2D eigenvalue weighted by Crippen LogP contribution is -2.47. The topological polar surface area (TPSA) is 98.3 Å². The summed E-state index contributed by atoms with van der Waals surface area (Å²) in [7, 11) is 0. The van der Waals surface area contributed by atoms with Gasteiger partial charge in [0.15, 0.2) is 0 Å². The van der Waals surface area contributed by atoms with E-state index >= 15 is 0 Å². The first-order valence-electron chi connectivity index (χ1n) is 6.06. The number of thioether (sulfide) groups is 1. The van der Waals surface area contributed by atoms with Crippen molar-refractivity contribution in [3.63, 3.8) is 0 Å². The van der Waals surface area contributed by atoms with Crippen LogP contribution in [0.25, 0.3) is 0 Å². The molecular weight excluding hydrogens is 268 g/mol. The van der Waals surface area contributed by atoms with Crippen LogP contribution in [0.1, 0.15) is 19.8 Å². The van der Waals surface area contributed by atoms with Crippen LogP contribution >= 0.6 is 11.8 Å².